The number of hydrogen-bond acceptors (Lipinski definition) is 4. The van der Waals surface area contributed by atoms with Gasteiger partial charge < -0.3 is 14.6 Å². The SMILES string of the molecule is CCc1cccc(NCc2c(Cl)cc(Cl)c(=O)n2CCc2ccc(C(=O)OC(C)(C)C)cc2)c1. The summed E-state index contributed by atoms with van der Waals surface area (Å²) in [6.07, 6.45) is 1.51. The van der Waals surface area contributed by atoms with Crippen molar-refractivity contribution in [2.75, 3.05) is 5.32 Å². The molecule has 1 N–H and O–H groups in total. The molecule has 0 amide bonds. The highest BCUT2D eigenvalue weighted by Crippen LogP contribution is 2.21. The molecule has 0 unspecified atom stereocenters. The van der Waals surface area contributed by atoms with E-state index in [-0.39, 0.29) is 16.6 Å². The minimum atomic E-state index is -0.551. The topological polar surface area (TPSA) is 60.3 Å². The molecule has 1 heterocycles. The third kappa shape index (κ3) is 6.87. The van der Waals surface area contributed by atoms with E-state index in [1.165, 1.54) is 11.6 Å². The molecule has 2 aromatic carbocycles. The van der Waals surface area contributed by atoms with Gasteiger partial charge in [-0.3, -0.25) is 4.79 Å². The maximum atomic E-state index is 12.8. The Bertz CT molecular complexity index is 1210. The van der Waals surface area contributed by atoms with E-state index in [9.17, 15) is 9.59 Å². The molecule has 0 atom stereocenters. The van der Waals surface area contributed by atoms with Crippen molar-refractivity contribution in [2.24, 2.45) is 0 Å². The average molecular weight is 501 g/mol. The highest BCUT2D eigenvalue weighted by atomic mass is 35.5. The maximum absolute atomic E-state index is 12.8. The van der Waals surface area contributed by atoms with Crippen LogP contribution in [0.2, 0.25) is 10.0 Å². The molecule has 0 spiro atoms. The molecular weight excluding hydrogens is 471 g/mol. The minimum absolute atomic E-state index is 0.0852. The zero-order valence-electron chi connectivity index (χ0n) is 20.0. The van der Waals surface area contributed by atoms with Crippen LogP contribution in [-0.2, 0) is 30.7 Å². The quantitative estimate of drug-likeness (QED) is 0.357. The van der Waals surface area contributed by atoms with Crippen LogP contribution in [0.25, 0.3) is 0 Å². The van der Waals surface area contributed by atoms with Crippen LogP contribution in [-0.4, -0.2) is 16.1 Å². The molecule has 0 aliphatic heterocycles. The molecule has 34 heavy (non-hydrogen) atoms. The number of nitrogens with one attached hydrogen (secondary N) is 1. The van der Waals surface area contributed by atoms with E-state index in [1.807, 2.05) is 45.0 Å². The maximum Gasteiger partial charge on any atom is 0.338 e. The van der Waals surface area contributed by atoms with Gasteiger partial charge in [-0.2, -0.15) is 0 Å². The van der Waals surface area contributed by atoms with Crippen LogP contribution in [0, 0.1) is 0 Å². The second-order valence-corrected chi connectivity index (χ2v) is 9.91. The van der Waals surface area contributed by atoms with Crippen molar-refractivity contribution in [1.29, 1.82) is 0 Å². The lowest BCUT2D eigenvalue weighted by Crippen LogP contribution is -2.26. The van der Waals surface area contributed by atoms with E-state index in [4.69, 9.17) is 27.9 Å². The molecule has 0 aliphatic carbocycles. The Hall–Kier alpha value is -2.76. The van der Waals surface area contributed by atoms with Gasteiger partial charge in [-0.1, -0.05) is 54.4 Å². The smallest absolute Gasteiger partial charge is 0.338 e. The number of ether oxygens (including phenoxy) is 1. The Morgan fingerprint density at radius 3 is 2.35 bits per heavy atom. The zero-order chi connectivity index (χ0) is 24.9. The molecule has 1 aromatic heterocycles. The molecule has 0 bridgehead atoms. The second-order valence-electron chi connectivity index (χ2n) is 9.10. The molecular formula is C27H30Cl2N2O3. The normalized spacial score (nSPS) is 11.4. The fraction of sp³-hybridized carbons (Fsp3) is 0.333. The largest absolute Gasteiger partial charge is 0.456 e. The number of nitrogens with zero attached hydrogens (tertiary/aromatic N) is 1. The minimum Gasteiger partial charge on any atom is -0.456 e. The summed E-state index contributed by atoms with van der Waals surface area (Å²) in [5.41, 5.74) is 3.48. The summed E-state index contributed by atoms with van der Waals surface area (Å²) in [5, 5.41) is 3.88. The van der Waals surface area contributed by atoms with Gasteiger partial charge in [0.25, 0.3) is 5.56 Å². The van der Waals surface area contributed by atoms with E-state index in [1.54, 1.807) is 16.7 Å². The second kappa shape index (κ2) is 11.1. The van der Waals surface area contributed by atoms with Crippen molar-refractivity contribution in [2.45, 2.75) is 59.2 Å². The van der Waals surface area contributed by atoms with Gasteiger partial charge in [0.05, 0.1) is 22.8 Å². The molecule has 0 radical (unpaired) electrons. The first-order valence-corrected chi connectivity index (χ1v) is 12.1. The van der Waals surface area contributed by atoms with Crippen LogP contribution in [0.4, 0.5) is 5.69 Å². The number of aromatic nitrogens is 1. The monoisotopic (exact) mass is 500 g/mol. The number of esters is 1. The highest BCUT2D eigenvalue weighted by Gasteiger charge is 2.18. The Balaban J connectivity index is 1.76. The molecule has 180 valence electrons. The van der Waals surface area contributed by atoms with Crippen molar-refractivity contribution >= 4 is 34.9 Å². The van der Waals surface area contributed by atoms with E-state index in [0.717, 1.165) is 17.7 Å². The summed E-state index contributed by atoms with van der Waals surface area (Å²) in [7, 11) is 0. The van der Waals surface area contributed by atoms with Gasteiger partial charge in [0.15, 0.2) is 0 Å². The summed E-state index contributed by atoms with van der Waals surface area (Å²) >= 11 is 12.6. The van der Waals surface area contributed by atoms with Gasteiger partial charge in [-0.25, -0.2) is 4.79 Å². The molecule has 0 fully saturated rings. The number of carbonyl (C=O) groups is 1. The number of halogens is 2. The van der Waals surface area contributed by atoms with Crippen LogP contribution < -0.4 is 10.9 Å². The van der Waals surface area contributed by atoms with Crippen molar-refractivity contribution in [3.8, 4) is 0 Å². The first-order chi connectivity index (χ1) is 16.1. The number of pyridine rings is 1. The van der Waals surface area contributed by atoms with E-state index in [2.05, 4.69) is 24.4 Å². The number of hydrogen-bond donors (Lipinski definition) is 1. The molecule has 0 saturated heterocycles. The lowest BCUT2D eigenvalue weighted by Gasteiger charge is -2.19. The van der Waals surface area contributed by atoms with Gasteiger partial charge in [-0.15, -0.1) is 0 Å². The number of rotatable bonds is 8. The standard InChI is InChI=1S/C27H30Cl2N2O3/c1-5-18-7-6-8-21(15-18)30-17-24-22(28)16-23(29)25(32)31(24)14-13-19-9-11-20(12-10-19)26(33)34-27(2,3)4/h6-12,15-16,30H,5,13-14,17H2,1-4H3. The zero-order valence-corrected chi connectivity index (χ0v) is 21.5. The fourth-order valence-electron chi connectivity index (χ4n) is 3.53. The molecule has 0 saturated carbocycles. The summed E-state index contributed by atoms with van der Waals surface area (Å²) in [4.78, 5) is 25.1. The lowest BCUT2D eigenvalue weighted by atomic mass is 10.1. The first-order valence-electron chi connectivity index (χ1n) is 11.3. The number of benzene rings is 2. The van der Waals surface area contributed by atoms with Crippen LogP contribution >= 0.6 is 23.2 Å². The van der Waals surface area contributed by atoms with Crippen LogP contribution in [0.5, 0.6) is 0 Å². The Morgan fingerprint density at radius 1 is 1.00 bits per heavy atom. The van der Waals surface area contributed by atoms with Crippen LogP contribution in [0.15, 0.2) is 59.4 Å². The summed E-state index contributed by atoms with van der Waals surface area (Å²) in [5.74, 6) is -0.364. The molecule has 3 aromatic rings. The van der Waals surface area contributed by atoms with Gasteiger partial charge in [-0.05, 0) is 75.1 Å². The summed E-state index contributed by atoms with van der Waals surface area (Å²) in [6.45, 7) is 8.39. The fourth-order valence-corrected chi connectivity index (χ4v) is 4.07. The first kappa shape index (κ1) is 25.9. The van der Waals surface area contributed by atoms with Gasteiger partial charge >= 0.3 is 5.97 Å². The predicted octanol–water partition coefficient (Wildman–Crippen LogP) is 6.53. The lowest BCUT2D eigenvalue weighted by molar-refractivity contribution is 0.00695. The highest BCUT2D eigenvalue weighted by molar-refractivity contribution is 6.34. The van der Waals surface area contributed by atoms with Crippen LogP contribution in [0.1, 0.15) is 54.9 Å². The molecule has 0 aliphatic rings. The van der Waals surface area contributed by atoms with Gasteiger partial charge in [0.2, 0.25) is 0 Å². The predicted molar refractivity (Wildman–Crippen MR) is 139 cm³/mol. The van der Waals surface area contributed by atoms with Crippen LogP contribution in [0.3, 0.4) is 0 Å². The molecule has 5 nitrogen and oxygen atoms in total. The van der Waals surface area contributed by atoms with E-state index < -0.39 is 5.60 Å². The van der Waals surface area contributed by atoms with Crippen molar-refractivity contribution in [3.63, 3.8) is 0 Å². The third-order valence-corrected chi connectivity index (χ3v) is 5.91. The Morgan fingerprint density at radius 2 is 1.71 bits per heavy atom. The van der Waals surface area contributed by atoms with E-state index in [0.29, 0.717) is 35.8 Å². The number of anilines is 1. The Kier molecular flexibility index (Phi) is 8.45. The van der Waals surface area contributed by atoms with Gasteiger partial charge in [0, 0.05) is 12.2 Å². The third-order valence-electron chi connectivity index (χ3n) is 5.31. The van der Waals surface area contributed by atoms with Gasteiger partial charge in [0.1, 0.15) is 10.6 Å². The van der Waals surface area contributed by atoms with Crippen molar-refractivity contribution < 1.29 is 9.53 Å². The summed E-state index contributed by atoms with van der Waals surface area (Å²) in [6, 6.07) is 16.8. The van der Waals surface area contributed by atoms with E-state index >= 15 is 0 Å². The van der Waals surface area contributed by atoms with Crippen molar-refractivity contribution in [3.05, 3.63) is 97.4 Å². The molecule has 7 heteroatoms. The molecule has 3 rings (SSSR count). The Labute approximate surface area is 210 Å². The number of aryl methyl sites for hydroxylation is 2. The van der Waals surface area contributed by atoms with Crippen molar-refractivity contribution in [1.82, 2.24) is 4.57 Å². The number of carbonyl (C=O) groups excluding carboxylic acids is 1. The summed E-state index contributed by atoms with van der Waals surface area (Å²) < 4.78 is 7.02. The average Bonchev–Trinajstić information content (AvgIpc) is 2.79.